The first-order valence-electron chi connectivity index (χ1n) is 4.75. The van der Waals surface area contributed by atoms with E-state index in [2.05, 4.69) is 11.5 Å². The molecule has 0 aliphatic heterocycles. The zero-order valence-electron chi connectivity index (χ0n) is 8.91. The maximum atomic E-state index is 5.67. The molecule has 0 radical (unpaired) electrons. The first-order chi connectivity index (χ1) is 6.61. The van der Waals surface area contributed by atoms with Gasteiger partial charge in [0.25, 0.3) is 0 Å². The molecule has 1 rings (SSSR count). The molecule has 0 aliphatic carbocycles. The number of nitrogens with one attached hydrogen (secondary N) is 1. The third kappa shape index (κ3) is 2.54. The van der Waals surface area contributed by atoms with Crippen molar-refractivity contribution in [2.45, 2.75) is 32.4 Å². The van der Waals surface area contributed by atoms with Crippen LogP contribution in [0, 0.1) is 0 Å². The molecule has 4 heteroatoms. The van der Waals surface area contributed by atoms with Crippen LogP contribution in [0.4, 0.5) is 0 Å². The fraction of sp³-hybridized carbons (Fsp3) is 0.600. The first kappa shape index (κ1) is 11.7. The highest BCUT2D eigenvalue weighted by molar-refractivity contribution is 7.10. The molecule has 0 fully saturated rings. The molecule has 0 aromatic carbocycles. The number of hydrazine groups is 1. The van der Waals surface area contributed by atoms with Crippen LogP contribution in [-0.4, -0.2) is 12.2 Å². The predicted octanol–water partition coefficient (Wildman–Crippen LogP) is 2.07. The minimum Gasteiger partial charge on any atom is -0.374 e. The summed E-state index contributed by atoms with van der Waals surface area (Å²) in [5, 5.41) is 2.04. The number of hydrogen-bond acceptors (Lipinski definition) is 4. The van der Waals surface area contributed by atoms with E-state index in [0.29, 0.717) is 6.61 Å². The number of nitrogens with two attached hydrogens (primary N) is 1. The van der Waals surface area contributed by atoms with E-state index in [9.17, 15) is 0 Å². The van der Waals surface area contributed by atoms with Crippen molar-refractivity contribution < 1.29 is 4.74 Å². The first-order valence-corrected chi connectivity index (χ1v) is 5.63. The zero-order valence-corrected chi connectivity index (χ0v) is 9.73. The van der Waals surface area contributed by atoms with Gasteiger partial charge in [0.1, 0.15) is 0 Å². The lowest BCUT2D eigenvalue weighted by atomic mass is 9.98. The van der Waals surface area contributed by atoms with Crippen molar-refractivity contribution in [3.8, 4) is 0 Å². The smallest absolute Gasteiger partial charge is 0.0841 e. The summed E-state index contributed by atoms with van der Waals surface area (Å²) in [4.78, 5) is 1.20. The molecule has 80 valence electrons. The molecular weight excluding hydrogens is 196 g/mol. The maximum absolute atomic E-state index is 5.67. The lowest BCUT2D eigenvalue weighted by Crippen LogP contribution is -2.44. The van der Waals surface area contributed by atoms with Gasteiger partial charge in [-0.05, 0) is 32.2 Å². The van der Waals surface area contributed by atoms with Crippen molar-refractivity contribution in [3.05, 3.63) is 22.4 Å². The molecule has 3 nitrogen and oxygen atoms in total. The monoisotopic (exact) mass is 214 g/mol. The average molecular weight is 214 g/mol. The maximum Gasteiger partial charge on any atom is 0.0841 e. The van der Waals surface area contributed by atoms with Gasteiger partial charge in [0.05, 0.1) is 11.6 Å². The van der Waals surface area contributed by atoms with Crippen LogP contribution in [0.1, 0.15) is 31.7 Å². The van der Waals surface area contributed by atoms with Gasteiger partial charge in [-0.25, -0.2) is 5.43 Å². The van der Waals surface area contributed by atoms with Crippen LogP contribution in [0.25, 0.3) is 0 Å². The Morgan fingerprint density at radius 1 is 1.64 bits per heavy atom. The molecule has 1 aromatic heterocycles. The molecule has 1 unspecified atom stereocenters. The van der Waals surface area contributed by atoms with Gasteiger partial charge in [0.15, 0.2) is 0 Å². The number of rotatable bonds is 5. The Labute approximate surface area is 89.2 Å². The second kappa shape index (κ2) is 4.89. The summed E-state index contributed by atoms with van der Waals surface area (Å²) in [7, 11) is 0. The second-order valence-electron chi connectivity index (χ2n) is 3.65. The molecular formula is C10H18N2OS. The zero-order chi connectivity index (χ0) is 10.6. The van der Waals surface area contributed by atoms with Crippen molar-refractivity contribution in [1.29, 1.82) is 0 Å². The topological polar surface area (TPSA) is 47.3 Å². The fourth-order valence-corrected chi connectivity index (χ4v) is 2.50. The molecule has 0 saturated carbocycles. The molecule has 0 spiro atoms. The minimum absolute atomic E-state index is 0.0439. The molecule has 0 amide bonds. The highest BCUT2D eigenvalue weighted by Gasteiger charge is 2.31. The van der Waals surface area contributed by atoms with E-state index in [1.54, 1.807) is 11.3 Å². The normalized spacial score (nSPS) is 14.3. The Kier molecular flexibility index (Phi) is 4.07. The van der Waals surface area contributed by atoms with Crippen molar-refractivity contribution in [3.63, 3.8) is 0 Å². The Hall–Kier alpha value is -0.420. The van der Waals surface area contributed by atoms with Gasteiger partial charge in [0, 0.05) is 11.5 Å². The van der Waals surface area contributed by atoms with E-state index in [1.165, 1.54) is 4.88 Å². The molecule has 1 heterocycles. The molecule has 3 N–H and O–H groups in total. The van der Waals surface area contributed by atoms with Crippen LogP contribution < -0.4 is 11.3 Å². The standard InChI is InChI=1S/C10H18N2OS/c1-4-13-10(2,3)9(12-11)8-6-5-7-14-8/h5-7,9,12H,4,11H2,1-3H3. The third-order valence-corrected chi connectivity index (χ3v) is 3.14. The van der Waals surface area contributed by atoms with E-state index < -0.39 is 0 Å². The van der Waals surface area contributed by atoms with Gasteiger partial charge in [-0.1, -0.05) is 6.07 Å². The molecule has 0 bridgehead atoms. The van der Waals surface area contributed by atoms with Crippen molar-refractivity contribution in [2.24, 2.45) is 5.84 Å². The van der Waals surface area contributed by atoms with Gasteiger partial charge in [-0.2, -0.15) is 0 Å². The number of thiophene rings is 1. The molecule has 0 aliphatic rings. The molecule has 1 atom stereocenters. The number of hydrogen-bond donors (Lipinski definition) is 2. The average Bonchev–Trinajstić information content (AvgIpc) is 2.57. The second-order valence-corrected chi connectivity index (χ2v) is 4.63. The summed E-state index contributed by atoms with van der Waals surface area (Å²) < 4.78 is 5.67. The summed E-state index contributed by atoms with van der Waals surface area (Å²) in [6.07, 6.45) is 0. The van der Waals surface area contributed by atoms with Gasteiger partial charge >= 0.3 is 0 Å². The molecule has 1 aromatic rings. The SMILES string of the molecule is CCOC(C)(C)C(NN)c1cccs1. The summed E-state index contributed by atoms with van der Waals surface area (Å²) in [6.45, 7) is 6.77. The molecule has 14 heavy (non-hydrogen) atoms. The summed E-state index contributed by atoms with van der Waals surface area (Å²) in [6, 6.07) is 4.13. The minimum atomic E-state index is -0.283. The third-order valence-electron chi connectivity index (χ3n) is 2.21. The summed E-state index contributed by atoms with van der Waals surface area (Å²) in [5.41, 5.74) is 2.53. The van der Waals surface area contributed by atoms with E-state index in [4.69, 9.17) is 10.6 Å². The quantitative estimate of drug-likeness (QED) is 0.582. The predicted molar refractivity (Wildman–Crippen MR) is 60.1 cm³/mol. The highest BCUT2D eigenvalue weighted by atomic mass is 32.1. The van der Waals surface area contributed by atoms with Crippen molar-refractivity contribution in [1.82, 2.24) is 5.43 Å². The Balaban J connectivity index is 2.81. The van der Waals surface area contributed by atoms with E-state index >= 15 is 0 Å². The summed E-state index contributed by atoms with van der Waals surface area (Å²) >= 11 is 1.69. The van der Waals surface area contributed by atoms with Gasteiger partial charge in [-0.15, -0.1) is 11.3 Å². The highest BCUT2D eigenvalue weighted by Crippen LogP contribution is 2.30. The van der Waals surface area contributed by atoms with Crippen LogP contribution in [0.5, 0.6) is 0 Å². The van der Waals surface area contributed by atoms with Crippen LogP contribution in [0.3, 0.4) is 0 Å². The molecule has 0 saturated heterocycles. The van der Waals surface area contributed by atoms with Gasteiger partial charge in [-0.3, -0.25) is 5.84 Å². The van der Waals surface area contributed by atoms with Crippen molar-refractivity contribution in [2.75, 3.05) is 6.61 Å². The van der Waals surface area contributed by atoms with Crippen LogP contribution in [0.2, 0.25) is 0 Å². The summed E-state index contributed by atoms with van der Waals surface area (Å²) in [5.74, 6) is 5.56. The largest absolute Gasteiger partial charge is 0.374 e. The van der Waals surface area contributed by atoms with Gasteiger partial charge < -0.3 is 4.74 Å². The Bertz CT molecular complexity index is 259. The lowest BCUT2D eigenvalue weighted by molar-refractivity contribution is -0.0384. The van der Waals surface area contributed by atoms with E-state index in [1.807, 2.05) is 32.2 Å². The van der Waals surface area contributed by atoms with E-state index in [0.717, 1.165) is 0 Å². The Morgan fingerprint density at radius 2 is 2.36 bits per heavy atom. The van der Waals surface area contributed by atoms with Gasteiger partial charge in [0.2, 0.25) is 0 Å². The van der Waals surface area contributed by atoms with Crippen LogP contribution >= 0.6 is 11.3 Å². The van der Waals surface area contributed by atoms with E-state index in [-0.39, 0.29) is 11.6 Å². The van der Waals surface area contributed by atoms with Crippen LogP contribution in [0.15, 0.2) is 17.5 Å². The Morgan fingerprint density at radius 3 is 2.79 bits per heavy atom. The fourth-order valence-electron chi connectivity index (χ4n) is 1.54. The van der Waals surface area contributed by atoms with Crippen molar-refractivity contribution >= 4 is 11.3 Å². The number of ether oxygens (including phenoxy) is 1. The lowest BCUT2D eigenvalue weighted by Gasteiger charge is -2.32. The van der Waals surface area contributed by atoms with Crippen LogP contribution in [-0.2, 0) is 4.74 Å².